The fraction of sp³-hybridized carbons (Fsp3) is 0.538. The minimum Gasteiger partial charge on any atom is -0.396 e. The molecule has 0 spiro atoms. The standard InChI is InChI=1S/C13H20ClN3O2/c1-8-7-10(3)15-12(14)11(8)17-13(19)16-9(2)5-4-6-18/h7,9,18H,4-6H2,1-3H3,(H2,16,17,19). The van der Waals surface area contributed by atoms with E-state index in [4.69, 9.17) is 16.7 Å². The molecule has 19 heavy (non-hydrogen) atoms. The molecule has 1 heterocycles. The zero-order chi connectivity index (χ0) is 14.4. The lowest BCUT2D eigenvalue weighted by atomic mass is 10.2. The minimum atomic E-state index is -0.318. The van der Waals surface area contributed by atoms with Crippen molar-refractivity contribution in [3.63, 3.8) is 0 Å². The molecule has 0 bridgehead atoms. The summed E-state index contributed by atoms with van der Waals surface area (Å²) in [5.41, 5.74) is 2.21. The molecule has 0 saturated carbocycles. The first-order valence-corrected chi connectivity index (χ1v) is 6.64. The molecule has 0 aromatic carbocycles. The van der Waals surface area contributed by atoms with E-state index in [9.17, 15) is 4.79 Å². The van der Waals surface area contributed by atoms with Crippen molar-refractivity contribution in [2.75, 3.05) is 11.9 Å². The lowest BCUT2D eigenvalue weighted by Crippen LogP contribution is -2.36. The Hall–Kier alpha value is -1.33. The molecule has 0 saturated heterocycles. The van der Waals surface area contributed by atoms with Crippen LogP contribution in [0.25, 0.3) is 0 Å². The van der Waals surface area contributed by atoms with E-state index in [1.165, 1.54) is 0 Å². The van der Waals surface area contributed by atoms with Crippen molar-refractivity contribution in [1.82, 2.24) is 10.3 Å². The highest BCUT2D eigenvalue weighted by Gasteiger charge is 2.12. The van der Waals surface area contributed by atoms with Crippen LogP contribution in [0.2, 0.25) is 5.15 Å². The Balaban J connectivity index is 2.62. The number of nitrogens with zero attached hydrogens (tertiary/aromatic N) is 1. The Bertz CT molecular complexity index is 429. The maximum atomic E-state index is 11.8. The van der Waals surface area contributed by atoms with Gasteiger partial charge < -0.3 is 15.7 Å². The van der Waals surface area contributed by atoms with Gasteiger partial charge in [0.2, 0.25) is 0 Å². The number of aryl methyl sites for hydroxylation is 2. The summed E-state index contributed by atoms with van der Waals surface area (Å²) in [5, 5.41) is 14.5. The molecule has 1 rings (SSSR count). The van der Waals surface area contributed by atoms with E-state index in [0.717, 1.165) is 17.7 Å². The van der Waals surface area contributed by atoms with Gasteiger partial charge in [-0.15, -0.1) is 0 Å². The number of amides is 2. The van der Waals surface area contributed by atoms with E-state index < -0.39 is 0 Å². The molecule has 0 aliphatic carbocycles. The van der Waals surface area contributed by atoms with Crippen molar-refractivity contribution in [1.29, 1.82) is 0 Å². The van der Waals surface area contributed by atoms with Crippen LogP contribution in [0.5, 0.6) is 0 Å². The van der Waals surface area contributed by atoms with Crippen LogP contribution in [0.15, 0.2) is 6.07 Å². The first-order chi connectivity index (χ1) is 8.93. The van der Waals surface area contributed by atoms with E-state index in [0.29, 0.717) is 12.1 Å². The van der Waals surface area contributed by atoms with E-state index in [-0.39, 0.29) is 23.8 Å². The van der Waals surface area contributed by atoms with Gasteiger partial charge >= 0.3 is 6.03 Å². The van der Waals surface area contributed by atoms with E-state index in [1.54, 1.807) is 0 Å². The Morgan fingerprint density at radius 2 is 2.21 bits per heavy atom. The van der Waals surface area contributed by atoms with Crippen molar-refractivity contribution in [2.24, 2.45) is 0 Å². The van der Waals surface area contributed by atoms with Gasteiger partial charge in [-0.05, 0) is 45.2 Å². The largest absolute Gasteiger partial charge is 0.396 e. The van der Waals surface area contributed by atoms with Gasteiger partial charge in [0.25, 0.3) is 0 Å². The molecular formula is C13H20ClN3O2. The third kappa shape index (κ3) is 5.04. The van der Waals surface area contributed by atoms with Crippen LogP contribution in [-0.4, -0.2) is 28.8 Å². The number of hydrogen-bond donors (Lipinski definition) is 3. The van der Waals surface area contributed by atoms with Crippen LogP contribution in [0.3, 0.4) is 0 Å². The van der Waals surface area contributed by atoms with Gasteiger partial charge in [-0.1, -0.05) is 11.6 Å². The quantitative estimate of drug-likeness (QED) is 0.728. The van der Waals surface area contributed by atoms with Gasteiger partial charge in [-0.3, -0.25) is 0 Å². The predicted octanol–water partition coefficient (Wildman–Crippen LogP) is 2.63. The number of carbonyl (C=O) groups excluding carboxylic acids is 1. The molecule has 6 heteroatoms. The average Bonchev–Trinajstić information content (AvgIpc) is 2.31. The summed E-state index contributed by atoms with van der Waals surface area (Å²) in [6.45, 7) is 5.72. The summed E-state index contributed by atoms with van der Waals surface area (Å²) in [5.74, 6) is 0. The molecule has 5 nitrogen and oxygen atoms in total. The van der Waals surface area contributed by atoms with Crippen LogP contribution in [0.1, 0.15) is 31.0 Å². The monoisotopic (exact) mass is 285 g/mol. The Morgan fingerprint density at radius 3 is 2.79 bits per heavy atom. The highest BCUT2D eigenvalue weighted by molar-refractivity contribution is 6.32. The topological polar surface area (TPSA) is 74.2 Å². The number of pyridine rings is 1. The second-order valence-corrected chi connectivity index (χ2v) is 4.97. The third-order valence-electron chi connectivity index (χ3n) is 2.71. The second-order valence-electron chi connectivity index (χ2n) is 4.61. The summed E-state index contributed by atoms with van der Waals surface area (Å²) in [6.07, 6.45) is 1.39. The Labute approximate surface area is 118 Å². The van der Waals surface area contributed by atoms with Crippen molar-refractivity contribution < 1.29 is 9.90 Å². The first kappa shape index (κ1) is 15.7. The minimum absolute atomic E-state index is 0.00959. The van der Waals surface area contributed by atoms with Gasteiger partial charge in [0.15, 0.2) is 5.15 Å². The summed E-state index contributed by atoms with van der Waals surface area (Å²) in [7, 11) is 0. The fourth-order valence-corrected chi connectivity index (χ4v) is 2.11. The number of anilines is 1. The molecule has 1 aromatic rings. The van der Waals surface area contributed by atoms with Crippen molar-refractivity contribution >= 4 is 23.3 Å². The Kier molecular flexibility index (Phi) is 6.05. The SMILES string of the molecule is Cc1cc(C)c(NC(=O)NC(C)CCCO)c(Cl)n1. The molecule has 1 unspecified atom stereocenters. The molecule has 0 aliphatic heterocycles. The number of hydrogen-bond acceptors (Lipinski definition) is 3. The number of aliphatic hydroxyl groups is 1. The molecule has 1 atom stereocenters. The van der Waals surface area contributed by atoms with Gasteiger partial charge in [-0.25, -0.2) is 9.78 Å². The zero-order valence-corrected chi connectivity index (χ0v) is 12.2. The molecule has 2 amide bonds. The lowest BCUT2D eigenvalue weighted by Gasteiger charge is -2.15. The summed E-state index contributed by atoms with van der Waals surface area (Å²) in [6, 6.07) is 1.53. The number of carbonyl (C=O) groups is 1. The summed E-state index contributed by atoms with van der Waals surface area (Å²) in [4.78, 5) is 15.9. The summed E-state index contributed by atoms with van der Waals surface area (Å²) >= 11 is 6.01. The van der Waals surface area contributed by atoms with Crippen molar-refractivity contribution in [3.05, 3.63) is 22.5 Å². The predicted molar refractivity (Wildman–Crippen MR) is 76.7 cm³/mol. The maximum Gasteiger partial charge on any atom is 0.319 e. The van der Waals surface area contributed by atoms with E-state index in [1.807, 2.05) is 26.8 Å². The number of aliphatic hydroxyl groups excluding tert-OH is 1. The van der Waals surface area contributed by atoms with Crippen LogP contribution >= 0.6 is 11.6 Å². The number of urea groups is 1. The number of rotatable bonds is 5. The van der Waals surface area contributed by atoms with Crippen LogP contribution in [0.4, 0.5) is 10.5 Å². The van der Waals surface area contributed by atoms with Gasteiger partial charge in [-0.2, -0.15) is 0 Å². The maximum absolute atomic E-state index is 11.8. The van der Waals surface area contributed by atoms with Gasteiger partial charge in [0.1, 0.15) is 0 Å². The summed E-state index contributed by atoms with van der Waals surface area (Å²) < 4.78 is 0. The van der Waals surface area contributed by atoms with E-state index in [2.05, 4.69) is 15.6 Å². The first-order valence-electron chi connectivity index (χ1n) is 6.26. The normalized spacial score (nSPS) is 12.1. The van der Waals surface area contributed by atoms with Gasteiger partial charge in [0.05, 0.1) is 5.69 Å². The molecule has 1 aromatic heterocycles. The van der Waals surface area contributed by atoms with E-state index >= 15 is 0 Å². The highest BCUT2D eigenvalue weighted by atomic mass is 35.5. The third-order valence-corrected chi connectivity index (χ3v) is 2.99. The highest BCUT2D eigenvalue weighted by Crippen LogP contribution is 2.24. The molecular weight excluding hydrogens is 266 g/mol. The Morgan fingerprint density at radius 1 is 1.53 bits per heavy atom. The number of nitrogens with one attached hydrogen (secondary N) is 2. The van der Waals surface area contributed by atoms with Crippen molar-refractivity contribution in [3.8, 4) is 0 Å². The average molecular weight is 286 g/mol. The van der Waals surface area contributed by atoms with Crippen molar-refractivity contribution in [2.45, 2.75) is 39.7 Å². The van der Waals surface area contributed by atoms with Crippen LogP contribution < -0.4 is 10.6 Å². The second kappa shape index (κ2) is 7.31. The number of aromatic nitrogens is 1. The molecule has 3 N–H and O–H groups in total. The molecule has 106 valence electrons. The molecule has 0 fully saturated rings. The number of halogens is 1. The van der Waals surface area contributed by atoms with Gasteiger partial charge in [0, 0.05) is 18.3 Å². The van der Waals surface area contributed by atoms with Crippen LogP contribution in [-0.2, 0) is 0 Å². The zero-order valence-electron chi connectivity index (χ0n) is 11.5. The molecule has 0 radical (unpaired) electrons. The fourth-order valence-electron chi connectivity index (χ4n) is 1.78. The van der Waals surface area contributed by atoms with Crippen LogP contribution in [0, 0.1) is 13.8 Å². The molecule has 0 aliphatic rings. The lowest BCUT2D eigenvalue weighted by molar-refractivity contribution is 0.245. The smallest absolute Gasteiger partial charge is 0.319 e.